The van der Waals surface area contributed by atoms with Gasteiger partial charge in [0, 0.05) is 0 Å². The third-order valence-electron chi connectivity index (χ3n) is 2.03. The summed E-state index contributed by atoms with van der Waals surface area (Å²) in [7, 11) is 2.96. The lowest BCUT2D eigenvalue weighted by atomic mass is 10.1. The van der Waals surface area contributed by atoms with Crippen LogP contribution in [-0.2, 0) is 9.47 Å². The molecule has 0 bridgehead atoms. The van der Waals surface area contributed by atoms with Crippen molar-refractivity contribution >= 4 is 6.16 Å². The van der Waals surface area contributed by atoms with Crippen molar-refractivity contribution in [1.82, 2.24) is 0 Å². The van der Waals surface area contributed by atoms with Gasteiger partial charge in [-0.2, -0.15) is 0 Å². The van der Waals surface area contributed by atoms with E-state index in [9.17, 15) is 4.79 Å². The molecule has 0 spiro atoms. The molecule has 63 valence electrons. The number of rotatable bonds is 2. The lowest BCUT2D eigenvalue weighted by molar-refractivity contribution is 0.0700. The number of carbonyl (C=O) groups excluding carboxylic acids is 1. The van der Waals surface area contributed by atoms with E-state index in [1.807, 2.05) is 0 Å². The summed E-state index contributed by atoms with van der Waals surface area (Å²) in [6.07, 6.45) is 4.19. The van der Waals surface area contributed by atoms with Gasteiger partial charge in [0.2, 0.25) is 0 Å². The second-order valence-corrected chi connectivity index (χ2v) is 2.86. The molecule has 1 fully saturated rings. The van der Waals surface area contributed by atoms with Crippen LogP contribution in [0.25, 0.3) is 0 Å². The Balaban J connectivity index is 2.06. The Labute approximate surface area is 66.7 Å². The van der Waals surface area contributed by atoms with Gasteiger partial charge < -0.3 is 9.47 Å². The van der Waals surface area contributed by atoms with Crippen molar-refractivity contribution in [3.8, 4) is 0 Å². The van der Waals surface area contributed by atoms with Crippen molar-refractivity contribution < 1.29 is 14.3 Å². The van der Waals surface area contributed by atoms with E-state index >= 15 is 0 Å². The van der Waals surface area contributed by atoms with Crippen LogP contribution >= 0.6 is 0 Å². The Kier molecular flexibility index (Phi) is 3.20. The van der Waals surface area contributed by atoms with Crippen molar-refractivity contribution in [2.45, 2.75) is 25.7 Å². The summed E-state index contributed by atoms with van der Waals surface area (Å²) in [5.41, 5.74) is 0. The number of hydrogen-bond donors (Lipinski definition) is 0. The third kappa shape index (κ3) is 2.78. The van der Waals surface area contributed by atoms with Gasteiger partial charge in [-0.1, -0.05) is 12.8 Å². The molecule has 0 aliphatic heterocycles. The second-order valence-electron chi connectivity index (χ2n) is 2.86. The van der Waals surface area contributed by atoms with Gasteiger partial charge in [-0.25, -0.2) is 4.79 Å². The van der Waals surface area contributed by atoms with Gasteiger partial charge in [0.15, 0.2) is 0 Å². The highest BCUT2D eigenvalue weighted by atomic mass is 16.7. The Morgan fingerprint density at radius 2 is 2.09 bits per heavy atom. The molecule has 0 aromatic carbocycles. The smallest absolute Gasteiger partial charge is 0.434 e. The first kappa shape index (κ1) is 8.37. The molecule has 3 nitrogen and oxygen atoms in total. The summed E-state index contributed by atoms with van der Waals surface area (Å²) in [4.78, 5) is 10.5. The molecule has 1 aliphatic carbocycles. The molecule has 0 N–H and O–H groups in total. The van der Waals surface area contributed by atoms with Gasteiger partial charge in [0.05, 0.1) is 6.61 Å². The van der Waals surface area contributed by atoms with E-state index in [1.54, 1.807) is 0 Å². The molecule has 0 aromatic rings. The van der Waals surface area contributed by atoms with Gasteiger partial charge in [0.25, 0.3) is 0 Å². The molecular formula is C8H13O3. The molecule has 0 aromatic heterocycles. The second kappa shape index (κ2) is 4.21. The summed E-state index contributed by atoms with van der Waals surface area (Å²) in [6, 6.07) is 0. The molecule has 0 unspecified atom stereocenters. The molecule has 1 radical (unpaired) electrons. The minimum Gasteiger partial charge on any atom is -0.434 e. The largest absolute Gasteiger partial charge is 0.508 e. The summed E-state index contributed by atoms with van der Waals surface area (Å²) in [5, 5.41) is 0. The number of hydrogen-bond acceptors (Lipinski definition) is 3. The van der Waals surface area contributed by atoms with E-state index in [0.717, 1.165) is 0 Å². The van der Waals surface area contributed by atoms with Gasteiger partial charge >= 0.3 is 6.16 Å². The maximum absolute atomic E-state index is 10.5. The Morgan fingerprint density at radius 1 is 1.45 bits per heavy atom. The normalized spacial score (nSPS) is 18.3. The molecule has 1 saturated carbocycles. The van der Waals surface area contributed by atoms with Crippen molar-refractivity contribution in [3.63, 3.8) is 0 Å². The van der Waals surface area contributed by atoms with Crippen LogP contribution in [0.1, 0.15) is 25.7 Å². The fraction of sp³-hybridized carbons (Fsp3) is 0.750. The van der Waals surface area contributed by atoms with Crippen LogP contribution in [0.3, 0.4) is 0 Å². The number of carbonyl (C=O) groups is 1. The van der Waals surface area contributed by atoms with Crippen LogP contribution in [0, 0.1) is 13.0 Å². The fourth-order valence-corrected chi connectivity index (χ4v) is 1.40. The monoisotopic (exact) mass is 157 g/mol. The van der Waals surface area contributed by atoms with Crippen molar-refractivity contribution in [2.24, 2.45) is 5.92 Å². The first-order valence-electron chi connectivity index (χ1n) is 3.91. The van der Waals surface area contributed by atoms with E-state index in [4.69, 9.17) is 4.74 Å². The lowest BCUT2D eigenvalue weighted by Crippen LogP contribution is -2.10. The Hall–Kier alpha value is -0.730. The zero-order chi connectivity index (χ0) is 8.10. The molecule has 0 amide bonds. The van der Waals surface area contributed by atoms with E-state index in [0.29, 0.717) is 12.5 Å². The standard InChI is InChI=1S/C8H13O3/c1-10-8(9)11-6-7-4-2-3-5-7/h7H,1-6H2. The van der Waals surface area contributed by atoms with Crippen molar-refractivity contribution in [2.75, 3.05) is 6.61 Å². The van der Waals surface area contributed by atoms with Gasteiger partial charge in [-0.15, -0.1) is 0 Å². The molecule has 11 heavy (non-hydrogen) atoms. The highest BCUT2D eigenvalue weighted by molar-refractivity contribution is 5.59. The molecule has 0 atom stereocenters. The Morgan fingerprint density at radius 3 is 2.64 bits per heavy atom. The predicted octanol–water partition coefficient (Wildman–Crippen LogP) is 2.12. The topological polar surface area (TPSA) is 35.5 Å². The quantitative estimate of drug-likeness (QED) is 0.576. The average Bonchev–Trinajstić information content (AvgIpc) is 2.52. The fourth-order valence-electron chi connectivity index (χ4n) is 1.40. The number of ether oxygens (including phenoxy) is 2. The summed E-state index contributed by atoms with van der Waals surface area (Å²) < 4.78 is 8.85. The van der Waals surface area contributed by atoms with Crippen LogP contribution < -0.4 is 0 Å². The van der Waals surface area contributed by atoms with E-state index in [1.165, 1.54) is 25.7 Å². The van der Waals surface area contributed by atoms with Gasteiger partial charge in [0.1, 0.15) is 7.11 Å². The summed E-state index contributed by atoms with van der Waals surface area (Å²) in [5.74, 6) is 0.550. The van der Waals surface area contributed by atoms with Crippen LogP contribution in [-0.4, -0.2) is 12.8 Å². The SMILES string of the molecule is [CH2]OC(=O)OCC1CCCC1. The van der Waals surface area contributed by atoms with E-state index < -0.39 is 6.16 Å². The lowest BCUT2D eigenvalue weighted by Gasteiger charge is -2.07. The highest BCUT2D eigenvalue weighted by Gasteiger charge is 2.16. The van der Waals surface area contributed by atoms with E-state index in [2.05, 4.69) is 11.8 Å². The molecule has 1 rings (SSSR count). The van der Waals surface area contributed by atoms with Gasteiger partial charge in [-0.05, 0) is 18.8 Å². The van der Waals surface area contributed by atoms with Crippen molar-refractivity contribution in [3.05, 3.63) is 7.11 Å². The van der Waals surface area contributed by atoms with Crippen LogP contribution in [0.5, 0.6) is 0 Å². The molecular weight excluding hydrogens is 144 g/mol. The molecule has 0 saturated heterocycles. The maximum Gasteiger partial charge on any atom is 0.508 e. The van der Waals surface area contributed by atoms with Crippen LogP contribution in [0.15, 0.2) is 0 Å². The van der Waals surface area contributed by atoms with Crippen molar-refractivity contribution in [1.29, 1.82) is 0 Å². The van der Waals surface area contributed by atoms with Crippen LogP contribution in [0.2, 0.25) is 0 Å². The third-order valence-corrected chi connectivity index (χ3v) is 2.03. The zero-order valence-corrected chi connectivity index (χ0v) is 6.54. The highest BCUT2D eigenvalue weighted by Crippen LogP contribution is 2.24. The maximum atomic E-state index is 10.5. The predicted molar refractivity (Wildman–Crippen MR) is 39.7 cm³/mol. The average molecular weight is 157 g/mol. The first-order valence-corrected chi connectivity index (χ1v) is 3.91. The molecule has 3 heteroatoms. The summed E-state index contributed by atoms with van der Waals surface area (Å²) >= 11 is 0. The minimum atomic E-state index is -0.670. The van der Waals surface area contributed by atoms with Gasteiger partial charge in [-0.3, -0.25) is 0 Å². The Bertz CT molecular complexity index is 127. The summed E-state index contributed by atoms with van der Waals surface area (Å²) in [6.45, 7) is 0.494. The van der Waals surface area contributed by atoms with E-state index in [-0.39, 0.29) is 0 Å². The van der Waals surface area contributed by atoms with Crippen LogP contribution in [0.4, 0.5) is 4.79 Å². The molecule has 1 aliphatic rings. The minimum absolute atomic E-state index is 0.494. The molecule has 0 heterocycles. The zero-order valence-electron chi connectivity index (χ0n) is 6.54. The first-order chi connectivity index (χ1) is 5.33.